The van der Waals surface area contributed by atoms with Gasteiger partial charge < -0.3 is 9.47 Å². The van der Waals surface area contributed by atoms with Crippen LogP contribution in [0.25, 0.3) is 49.7 Å². The lowest BCUT2D eigenvalue weighted by atomic mass is 9.64. The summed E-state index contributed by atoms with van der Waals surface area (Å²) >= 11 is 0. The molecule has 0 N–H and O–H groups in total. The summed E-state index contributed by atoms with van der Waals surface area (Å²) in [5.41, 5.74) is 15.6. The molecule has 0 atom stereocenters. The second-order valence-corrected chi connectivity index (χ2v) is 14.2. The maximum absolute atomic E-state index is 10.4. The summed E-state index contributed by atoms with van der Waals surface area (Å²) in [6, 6.07) is 62.2. The fourth-order valence-corrected chi connectivity index (χ4v) is 9.39. The molecule has 0 saturated heterocycles. The summed E-state index contributed by atoms with van der Waals surface area (Å²) in [5.74, 6) is 0. The van der Waals surface area contributed by atoms with E-state index in [0.717, 1.165) is 50.1 Å². The van der Waals surface area contributed by atoms with Crippen molar-refractivity contribution >= 4 is 38.9 Å². The summed E-state index contributed by atoms with van der Waals surface area (Å²) < 4.78 is 2.28. The van der Waals surface area contributed by atoms with E-state index in [-0.39, 0.29) is 0 Å². The first-order valence-electron chi connectivity index (χ1n) is 18.3. The van der Waals surface area contributed by atoms with E-state index >= 15 is 0 Å². The van der Waals surface area contributed by atoms with E-state index in [1.165, 1.54) is 33.4 Å². The van der Waals surface area contributed by atoms with Crippen LogP contribution in [-0.2, 0) is 5.41 Å². The normalized spacial score (nSPS) is 13.2. The highest BCUT2D eigenvalue weighted by molar-refractivity contribution is 6.09. The molecule has 0 saturated carbocycles. The Bertz CT molecular complexity index is 3010. The Morgan fingerprint density at radius 1 is 0.491 bits per heavy atom. The molecule has 2 aliphatic rings. The monoisotopic (exact) mass is 699 g/mol. The van der Waals surface area contributed by atoms with E-state index in [4.69, 9.17) is 0 Å². The number of hydrogen-bond donors (Lipinski definition) is 0. The van der Waals surface area contributed by atoms with Gasteiger partial charge in [-0.15, -0.1) is 0 Å². The van der Waals surface area contributed by atoms with E-state index in [9.17, 15) is 10.5 Å². The van der Waals surface area contributed by atoms with Crippen LogP contribution in [0.15, 0.2) is 176 Å². The second kappa shape index (κ2) is 11.6. The van der Waals surface area contributed by atoms with Crippen molar-refractivity contribution in [2.45, 2.75) is 5.41 Å². The van der Waals surface area contributed by atoms with Crippen molar-refractivity contribution in [3.05, 3.63) is 210 Å². The lowest BCUT2D eigenvalue weighted by Crippen LogP contribution is -2.36. The average Bonchev–Trinajstić information content (AvgIpc) is 3.75. The highest BCUT2D eigenvalue weighted by Crippen LogP contribution is 2.63. The molecule has 2 aromatic heterocycles. The Kier molecular flexibility index (Phi) is 6.53. The first-order valence-corrected chi connectivity index (χ1v) is 18.3. The van der Waals surface area contributed by atoms with Gasteiger partial charge in [-0.05, 0) is 99.6 Å². The molecule has 1 aliphatic carbocycles. The van der Waals surface area contributed by atoms with E-state index in [2.05, 4.69) is 172 Å². The van der Waals surface area contributed by atoms with Crippen LogP contribution in [-0.4, -0.2) is 9.55 Å². The number of aromatic nitrogens is 2. The van der Waals surface area contributed by atoms with Gasteiger partial charge in [-0.1, -0.05) is 103 Å². The summed E-state index contributed by atoms with van der Waals surface area (Å²) in [6.07, 6.45) is 3.76. The summed E-state index contributed by atoms with van der Waals surface area (Å²) in [6.45, 7) is 0. The van der Waals surface area contributed by atoms with Gasteiger partial charge >= 0.3 is 0 Å². The van der Waals surface area contributed by atoms with E-state index in [1.54, 1.807) is 12.1 Å². The van der Waals surface area contributed by atoms with Crippen molar-refractivity contribution in [3.8, 4) is 40.1 Å². The lowest BCUT2D eigenvalue weighted by Gasteiger charge is -2.45. The Balaban J connectivity index is 1.25. The Morgan fingerprint density at radius 3 is 1.78 bits per heavy atom. The molecule has 254 valence electrons. The molecule has 7 aromatic carbocycles. The van der Waals surface area contributed by atoms with Gasteiger partial charge in [0.05, 0.1) is 51.1 Å². The van der Waals surface area contributed by atoms with Gasteiger partial charge in [-0.3, -0.25) is 4.98 Å². The number of nitrogens with zero attached hydrogens (tertiary/aromatic N) is 5. The molecular formula is C50H29N5. The predicted octanol–water partition coefficient (Wildman–Crippen LogP) is 11.7. The van der Waals surface area contributed by atoms with E-state index in [1.807, 2.05) is 18.5 Å². The Morgan fingerprint density at radius 2 is 1.09 bits per heavy atom. The molecule has 9 aromatic rings. The molecule has 11 rings (SSSR count). The number of fused-ring (bicyclic) bond motifs is 12. The number of rotatable bonds is 3. The number of nitriles is 2. The van der Waals surface area contributed by atoms with Crippen LogP contribution < -0.4 is 4.90 Å². The summed E-state index contributed by atoms with van der Waals surface area (Å²) in [4.78, 5) is 6.87. The van der Waals surface area contributed by atoms with Crippen LogP contribution in [0.2, 0.25) is 0 Å². The van der Waals surface area contributed by atoms with E-state index < -0.39 is 5.41 Å². The summed E-state index contributed by atoms with van der Waals surface area (Å²) in [5, 5.41) is 22.5. The zero-order valence-electron chi connectivity index (χ0n) is 29.5. The first-order chi connectivity index (χ1) is 27.2. The fraction of sp³-hybridized carbons (Fsp3) is 0.0200. The molecule has 0 fully saturated rings. The van der Waals surface area contributed by atoms with Crippen LogP contribution >= 0.6 is 0 Å². The van der Waals surface area contributed by atoms with Gasteiger partial charge in [0.2, 0.25) is 0 Å². The fourth-order valence-electron chi connectivity index (χ4n) is 9.39. The third kappa shape index (κ3) is 4.18. The van der Waals surface area contributed by atoms with Crippen LogP contribution in [0.4, 0.5) is 17.1 Å². The van der Waals surface area contributed by atoms with Crippen molar-refractivity contribution in [1.29, 1.82) is 10.5 Å². The molecule has 5 nitrogen and oxygen atoms in total. The third-order valence-electron chi connectivity index (χ3n) is 11.5. The Labute approximate surface area is 317 Å². The molecule has 1 spiro atoms. The van der Waals surface area contributed by atoms with Gasteiger partial charge in [0.1, 0.15) is 0 Å². The predicted molar refractivity (Wildman–Crippen MR) is 219 cm³/mol. The van der Waals surface area contributed by atoms with Gasteiger partial charge in [0, 0.05) is 40.1 Å². The van der Waals surface area contributed by atoms with Crippen molar-refractivity contribution in [3.63, 3.8) is 0 Å². The molecule has 0 bridgehead atoms. The smallest absolute Gasteiger partial charge is 0.0998 e. The van der Waals surface area contributed by atoms with E-state index in [0.29, 0.717) is 16.7 Å². The third-order valence-corrected chi connectivity index (χ3v) is 11.5. The molecule has 1 aliphatic heterocycles. The van der Waals surface area contributed by atoms with Gasteiger partial charge in [-0.25, -0.2) is 0 Å². The molecule has 0 amide bonds. The zero-order chi connectivity index (χ0) is 36.7. The number of benzene rings is 7. The first kappa shape index (κ1) is 30.9. The highest BCUT2D eigenvalue weighted by Gasteiger charge is 2.51. The molecule has 5 heteroatoms. The second-order valence-electron chi connectivity index (χ2n) is 14.2. The number of anilines is 3. The lowest BCUT2D eigenvalue weighted by molar-refractivity contribution is 0.752. The highest BCUT2D eigenvalue weighted by atomic mass is 15.2. The minimum absolute atomic E-state index is 0.498. The van der Waals surface area contributed by atoms with Gasteiger partial charge in [0.15, 0.2) is 0 Å². The van der Waals surface area contributed by atoms with Gasteiger partial charge in [0.25, 0.3) is 0 Å². The summed E-state index contributed by atoms with van der Waals surface area (Å²) in [7, 11) is 0. The number of para-hydroxylation sites is 3. The minimum atomic E-state index is -0.535. The standard InChI is InChI=1S/C50H29N5/c51-29-32-21-22-33(30-52)40(25-32)34-26-35(54-46-18-8-3-13-39(46)41-31-53-24-23-47(41)54)28-36(27-34)55-48-19-9-6-16-44(48)50(45-17-7-10-20-49(45)55)42-14-4-1-11-37(42)38-12-2-5-15-43(38)50/h1-28,31H. The van der Waals surface area contributed by atoms with Crippen LogP contribution in [0, 0.1) is 22.7 Å². The SMILES string of the molecule is N#Cc1ccc(C#N)c(-c2cc(N3c4ccccc4C4(c5ccccc5-c5ccccc54)c4ccccc43)cc(-n3c4ccccc4c4cnccc43)c2)c1. The van der Waals surface area contributed by atoms with Crippen molar-refractivity contribution in [2.75, 3.05) is 4.90 Å². The molecule has 3 heterocycles. The topological polar surface area (TPSA) is 68.6 Å². The van der Waals surface area contributed by atoms with Gasteiger partial charge in [-0.2, -0.15) is 10.5 Å². The van der Waals surface area contributed by atoms with Crippen LogP contribution in [0.5, 0.6) is 0 Å². The Hall–Kier alpha value is -7.73. The molecule has 55 heavy (non-hydrogen) atoms. The maximum Gasteiger partial charge on any atom is 0.0998 e. The maximum atomic E-state index is 10.4. The zero-order valence-corrected chi connectivity index (χ0v) is 29.5. The van der Waals surface area contributed by atoms with Crippen LogP contribution in [0.1, 0.15) is 33.4 Å². The molecule has 0 radical (unpaired) electrons. The largest absolute Gasteiger partial charge is 0.310 e. The minimum Gasteiger partial charge on any atom is -0.310 e. The van der Waals surface area contributed by atoms with Crippen molar-refractivity contribution in [2.24, 2.45) is 0 Å². The van der Waals surface area contributed by atoms with Crippen molar-refractivity contribution in [1.82, 2.24) is 9.55 Å². The number of pyridine rings is 1. The van der Waals surface area contributed by atoms with Crippen LogP contribution in [0.3, 0.4) is 0 Å². The molecule has 0 unspecified atom stereocenters. The molecular weight excluding hydrogens is 671 g/mol. The quantitative estimate of drug-likeness (QED) is 0.184. The van der Waals surface area contributed by atoms with Crippen molar-refractivity contribution < 1.29 is 0 Å². The number of hydrogen-bond acceptors (Lipinski definition) is 4. The average molecular weight is 700 g/mol.